The summed E-state index contributed by atoms with van der Waals surface area (Å²) in [7, 11) is -3.71. The van der Waals surface area contributed by atoms with Gasteiger partial charge in [0.25, 0.3) is 5.97 Å². The second kappa shape index (κ2) is 7.43. The molecule has 0 rings (SSSR count). The van der Waals surface area contributed by atoms with Gasteiger partial charge in [0.2, 0.25) is 8.32 Å². The molecule has 0 bridgehead atoms. The van der Waals surface area contributed by atoms with Gasteiger partial charge in [-0.2, -0.15) is 0 Å². The number of unbranched alkanes of at least 4 members (excludes halogenated alkanes) is 2. The number of rotatable bonds is 8. The molecule has 0 aliphatic heterocycles. The Morgan fingerprint density at radius 3 is 2.24 bits per heavy atom. The van der Waals surface area contributed by atoms with Crippen LogP contribution < -0.4 is 0 Å². The second-order valence-corrected chi connectivity index (χ2v) is 13.9. The zero-order valence-corrected chi connectivity index (χ0v) is 13.6. The van der Waals surface area contributed by atoms with Gasteiger partial charge in [-0.25, -0.2) is 8.42 Å². The van der Waals surface area contributed by atoms with Crippen LogP contribution >= 0.6 is 10.8 Å². The first-order valence-corrected chi connectivity index (χ1v) is 12.5. The standard InChI is InChI=1S/C10H22O4S2Si/c1-16(12,13)15-9-7-5-6-8-10(11)14-17(2,3)4/h5-9H2,1-4H3. The number of hydrogen-bond acceptors (Lipinski definition) is 5. The Labute approximate surface area is 109 Å². The minimum atomic E-state index is -2.92. The Balaban J connectivity index is 3.50. The highest BCUT2D eigenvalue weighted by Gasteiger charge is 2.19. The van der Waals surface area contributed by atoms with E-state index in [1.54, 1.807) is 0 Å². The average molecular weight is 299 g/mol. The maximum Gasteiger partial charge on any atom is 0.292 e. The van der Waals surface area contributed by atoms with Crippen molar-refractivity contribution in [3.05, 3.63) is 0 Å². The van der Waals surface area contributed by atoms with Crippen LogP contribution in [0.15, 0.2) is 0 Å². The number of carbonyl (C=O) groups is 1. The van der Waals surface area contributed by atoms with Gasteiger partial charge < -0.3 is 4.43 Å². The Hall–Kier alpha value is -0.0131. The van der Waals surface area contributed by atoms with Gasteiger partial charge in [0.1, 0.15) is 0 Å². The van der Waals surface area contributed by atoms with Crippen molar-refractivity contribution in [2.45, 2.75) is 45.3 Å². The van der Waals surface area contributed by atoms with Crippen molar-refractivity contribution >= 4 is 33.9 Å². The van der Waals surface area contributed by atoms with Gasteiger partial charge in [-0.05, 0) is 43.3 Å². The lowest BCUT2D eigenvalue weighted by atomic mass is 10.2. The van der Waals surface area contributed by atoms with Crippen LogP contribution in [0.3, 0.4) is 0 Å². The van der Waals surface area contributed by atoms with Gasteiger partial charge in [0, 0.05) is 18.4 Å². The Bertz CT molecular complexity index is 333. The number of carbonyl (C=O) groups excluding carboxylic acids is 1. The molecule has 0 amide bonds. The van der Waals surface area contributed by atoms with E-state index in [1.807, 2.05) is 19.6 Å². The summed E-state index contributed by atoms with van der Waals surface area (Å²) in [5.74, 6) is 0.474. The molecule has 0 aromatic rings. The third kappa shape index (κ3) is 13.9. The van der Waals surface area contributed by atoms with E-state index in [4.69, 9.17) is 4.43 Å². The predicted molar refractivity (Wildman–Crippen MR) is 75.2 cm³/mol. The van der Waals surface area contributed by atoms with Crippen LogP contribution in [-0.4, -0.2) is 34.7 Å². The van der Waals surface area contributed by atoms with E-state index >= 15 is 0 Å². The van der Waals surface area contributed by atoms with Crippen molar-refractivity contribution in [2.24, 2.45) is 0 Å². The van der Waals surface area contributed by atoms with Gasteiger partial charge in [0.15, 0.2) is 8.87 Å². The average Bonchev–Trinajstić information content (AvgIpc) is 2.06. The zero-order valence-electron chi connectivity index (χ0n) is 11.0. The highest BCUT2D eigenvalue weighted by Crippen LogP contribution is 2.14. The third-order valence-corrected chi connectivity index (χ3v) is 5.25. The normalized spacial score (nSPS) is 12.5. The van der Waals surface area contributed by atoms with Crippen molar-refractivity contribution in [3.8, 4) is 0 Å². The van der Waals surface area contributed by atoms with Gasteiger partial charge in [-0.3, -0.25) is 4.79 Å². The van der Waals surface area contributed by atoms with Crippen LogP contribution in [0, 0.1) is 0 Å². The minimum absolute atomic E-state index is 0.125. The van der Waals surface area contributed by atoms with Crippen LogP contribution in [0.2, 0.25) is 19.6 Å². The fourth-order valence-electron chi connectivity index (χ4n) is 1.15. The van der Waals surface area contributed by atoms with Crippen molar-refractivity contribution < 1.29 is 17.6 Å². The van der Waals surface area contributed by atoms with Gasteiger partial charge >= 0.3 is 0 Å². The maximum atomic E-state index is 11.4. The molecule has 0 aromatic heterocycles. The molecular weight excluding hydrogens is 276 g/mol. The van der Waals surface area contributed by atoms with Crippen molar-refractivity contribution in [1.29, 1.82) is 0 Å². The van der Waals surface area contributed by atoms with E-state index in [2.05, 4.69) is 0 Å². The summed E-state index contributed by atoms with van der Waals surface area (Å²) in [5.41, 5.74) is 0. The molecule has 0 saturated heterocycles. The summed E-state index contributed by atoms with van der Waals surface area (Å²) in [4.78, 5) is 11.4. The Morgan fingerprint density at radius 2 is 1.76 bits per heavy atom. The minimum Gasteiger partial charge on any atom is -0.520 e. The molecule has 0 radical (unpaired) electrons. The van der Waals surface area contributed by atoms with Crippen LogP contribution in [-0.2, 0) is 18.1 Å². The molecule has 17 heavy (non-hydrogen) atoms. The van der Waals surface area contributed by atoms with Crippen molar-refractivity contribution in [1.82, 2.24) is 0 Å². The second-order valence-electron chi connectivity index (χ2n) is 4.92. The highest BCUT2D eigenvalue weighted by molar-refractivity contribution is 8.71. The molecule has 0 aromatic carbocycles. The SMILES string of the molecule is C[Si](C)(C)OC(=O)CCCCCSS(C)(=O)=O. The summed E-state index contributed by atoms with van der Waals surface area (Å²) >= 11 is 0. The van der Waals surface area contributed by atoms with Crippen molar-refractivity contribution in [2.75, 3.05) is 12.0 Å². The van der Waals surface area contributed by atoms with E-state index in [0.717, 1.165) is 30.1 Å². The Morgan fingerprint density at radius 1 is 1.18 bits per heavy atom. The lowest BCUT2D eigenvalue weighted by molar-refractivity contribution is -0.135. The van der Waals surface area contributed by atoms with E-state index in [-0.39, 0.29) is 5.97 Å². The monoisotopic (exact) mass is 298 g/mol. The zero-order chi connectivity index (χ0) is 13.5. The summed E-state index contributed by atoms with van der Waals surface area (Å²) < 4.78 is 26.9. The molecule has 102 valence electrons. The highest BCUT2D eigenvalue weighted by atomic mass is 33.1. The summed E-state index contributed by atoms with van der Waals surface area (Å²) in [6, 6.07) is 0. The quantitative estimate of drug-likeness (QED) is 0.391. The molecule has 4 nitrogen and oxygen atoms in total. The molecular formula is C10H22O4S2Si. The van der Waals surface area contributed by atoms with Crippen LogP contribution in [0.25, 0.3) is 0 Å². The summed E-state index contributed by atoms with van der Waals surface area (Å²) in [6.45, 7) is 5.94. The fourth-order valence-corrected chi connectivity index (χ4v) is 3.82. The lowest BCUT2D eigenvalue weighted by Crippen LogP contribution is -2.28. The summed E-state index contributed by atoms with van der Waals surface area (Å²) in [6.07, 6.45) is 4.10. The number of hydrogen-bond donors (Lipinski definition) is 0. The van der Waals surface area contributed by atoms with Crippen LogP contribution in [0.5, 0.6) is 0 Å². The molecule has 0 N–H and O–H groups in total. The van der Waals surface area contributed by atoms with Crippen LogP contribution in [0.1, 0.15) is 25.7 Å². The first-order valence-electron chi connectivity index (χ1n) is 5.66. The smallest absolute Gasteiger partial charge is 0.292 e. The van der Waals surface area contributed by atoms with Gasteiger partial charge in [0.05, 0.1) is 0 Å². The predicted octanol–water partition coefficient (Wildman–Crippen LogP) is 2.62. The molecule has 0 heterocycles. The third-order valence-electron chi connectivity index (χ3n) is 1.74. The fraction of sp³-hybridized carbons (Fsp3) is 0.900. The topological polar surface area (TPSA) is 60.4 Å². The molecule has 0 spiro atoms. The Kier molecular flexibility index (Phi) is 7.42. The van der Waals surface area contributed by atoms with Gasteiger partial charge in [-0.15, -0.1) is 0 Å². The van der Waals surface area contributed by atoms with Gasteiger partial charge in [-0.1, -0.05) is 6.42 Å². The van der Waals surface area contributed by atoms with E-state index in [9.17, 15) is 13.2 Å². The molecule has 7 heteroatoms. The largest absolute Gasteiger partial charge is 0.520 e. The first kappa shape index (κ1) is 17.0. The van der Waals surface area contributed by atoms with Crippen LogP contribution in [0.4, 0.5) is 0 Å². The van der Waals surface area contributed by atoms with Crippen molar-refractivity contribution in [3.63, 3.8) is 0 Å². The molecule has 0 aliphatic carbocycles. The van der Waals surface area contributed by atoms with E-state index < -0.39 is 17.2 Å². The molecule has 0 unspecified atom stereocenters. The lowest BCUT2D eigenvalue weighted by Gasteiger charge is -2.17. The molecule has 0 fully saturated rings. The first-order chi connectivity index (χ1) is 7.60. The summed E-state index contributed by atoms with van der Waals surface area (Å²) in [5, 5.41) is 0. The van der Waals surface area contributed by atoms with E-state index in [1.165, 1.54) is 6.26 Å². The molecule has 0 atom stereocenters. The molecule has 0 aliphatic rings. The van der Waals surface area contributed by atoms with E-state index in [0.29, 0.717) is 12.2 Å². The molecule has 0 saturated carbocycles. The maximum absolute atomic E-state index is 11.4.